The number of anilines is 1. The number of Topliss-reactive ketones (excluding diaryl/α,β-unsaturated/α-hetero) is 1. The van der Waals surface area contributed by atoms with Crippen LogP contribution in [0.3, 0.4) is 0 Å². The first-order valence-electron chi connectivity index (χ1n) is 50.3. The van der Waals surface area contributed by atoms with Crippen LogP contribution in [0.15, 0.2) is 135 Å². The summed E-state index contributed by atoms with van der Waals surface area (Å²) in [6.07, 6.45) is 14.3. The molecule has 0 bridgehead atoms. The molecule has 3 aromatic carbocycles. The van der Waals surface area contributed by atoms with Crippen molar-refractivity contribution < 1.29 is 143 Å². The van der Waals surface area contributed by atoms with Gasteiger partial charge in [0.25, 0.3) is 6.54 Å². The van der Waals surface area contributed by atoms with Crippen molar-refractivity contribution in [3.8, 4) is 35.8 Å². The number of nitrogens with one attached hydrogen (secondary N) is 2. The fourth-order valence-corrected chi connectivity index (χ4v) is 9.39. The predicted octanol–water partition coefficient (Wildman–Crippen LogP) is 20.1. The Morgan fingerprint density at radius 3 is 1.12 bits per heavy atom. The van der Waals surface area contributed by atoms with Crippen LogP contribution >= 0.6 is 0 Å². The average molecular weight is 2100 g/mol. The molecule has 37 nitrogen and oxygen atoms in total. The smallest absolute Gasteiger partial charge is 0.407 e. The molecule has 2 N–H and O–H groups in total. The third-order valence-electron chi connectivity index (χ3n) is 21.8. The maximum Gasteiger partial charge on any atom is 0.407 e. The van der Waals surface area contributed by atoms with Crippen molar-refractivity contribution in [3.05, 3.63) is 163 Å². The summed E-state index contributed by atoms with van der Waals surface area (Å²) in [7, 11) is 0. The van der Waals surface area contributed by atoms with Crippen molar-refractivity contribution >= 4 is 101 Å². The second kappa shape index (κ2) is 89.5. The first-order chi connectivity index (χ1) is 70.8. The van der Waals surface area contributed by atoms with Crippen LogP contribution in [0.1, 0.15) is 286 Å². The molecule has 4 rings (SSSR count). The molecule has 0 radical (unpaired) electrons. The maximum absolute atomic E-state index is 11.6. The number of benzene rings is 3. The highest BCUT2D eigenvalue weighted by Gasteiger charge is 2.37. The molecule has 0 heterocycles. The van der Waals surface area contributed by atoms with Gasteiger partial charge in [0.1, 0.15) is 96.3 Å². The molecular weight excluding hydrogens is 1940 g/mol. The van der Waals surface area contributed by atoms with Crippen LogP contribution in [0, 0.1) is 111 Å². The summed E-state index contributed by atoms with van der Waals surface area (Å²) in [5, 5.41) is 40.3. The predicted molar refractivity (Wildman–Crippen MR) is 565 cm³/mol. The van der Waals surface area contributed by atoms with Gasteiger partial charge in [-0.25, -0.2) is 35.3 Å². The van der Waals surface area contributed by atoms with E-state index in [1.807, 2.05) is 122 Å². The first-order valence-corrected chi connectivity index (χ1v) is 50.3. The van der Waals surface area contributed by atoms with E-state index < -0.39 is 47.0 Å². The molecule has 0 spiro atoms. The van der Waals surface area contributed by atoms with E-state index in [4.69, 9.17) is 84.5 Å². The Kier molecular flexibility index (Phi) is 87.1. The Bertz CT molecular complexity index is 4720. The van der Waals surface area contributed by atoms with Gasteiger partial charge >= 0.3 is 83.7 Å². The zero-order chi connectivity index (χ0) is 116. The second-order valence-electron chi connectivity index (χ2n) is 35.0. The molecule has 9 unspecified atom stereocenters. The van der Waals surface area contributed by atoms with Crippen LogP contribution in [-0.4, -0.2) is 187 Å². The largest absolute Gasteiger partial charge is 0.462 e. The Morgan fingerprint density at radius 1 is 0.420 bits per heavy atom. The van der Waals surface area contributed by atoms with E-state index in [2.05, 4.69) is 70.8 Å². The zero-order valence-corrected chi connectivity index (χ0v) is 92.8. The number of esters is 13. The van der Waals surface area contributed by atoms with Gasteiger partial charge in [0.05, 0.1) is 82.2 Å². The van der Waals surface area contributed by atoms with E-state index in [1.54, 1.807) is 121 Å². The quantitative estimate of drug-likeness (QED) is 0.0132. The lowest BCUT2D eigenvalue weighted by Gasteiger charge is -2.31. The minimum Gasteiger partial charge on any atom is -0.462 e. The summed E-state index contributed by atoms with van der Waals surface area (Å²) >= 11 is 0. The number of ether oxygens (including phenoxy) is 14. The topological polar surface area (TPSA) is 526 Å². The van der Waals surface area contributed by atoms with Gasteiger partial charge in [-0.1, -0.05) is 189 Å². The molecule has 1 saturated carbocycles. The van der Waals surface area contributed by atoms with Crippen LogP contribution in [0.5, 0.6) is 11.5 Å². The highest BCUT2D eigenvalue weighted by Crippen LogP contribution is 2.32. The number of alkyl carbamates (subject to hydrolysis) is 1. The molecule has 1 fully saturated rings. The SMILES string of the molecule is C=C(C)C(=O)OCCNC(=O)OCCOC(=O)C(C)CC.C=C(C)C(=O)OCCOC(=O)C(C)(C)CC.C=C(C)C(=O)OCCOC(=O)C(C)CC.C=CC(=O)OCCOC(=O)C(C)CC.C=CC(=O)OCCOC(=O)C(C)CC.CCC(C)C(=O)Nc1ccc(C#N)cc1.CCC(C)C(=O)OC1(C#N)CCCCC1.CCC(C)C(=O)Oc1ccc(C#N)cc1.CCC(C)C(=O)Oc1ccccc1C#N.[C-]#[N+]CC(=O)CC(C)CC. The number of carbonyl (C=O) groups excluding carboxylic acids is 16. The molecule has 0 aliphatic heterocycles. The van der Waals surface area contributed by atoms with Gasteiger partial charge in [0, 0.05) is 59.7 Å². The molecule has 3 aromatic rings. The molecular formula is C113H165N7O30. The first kappa shape index (κ1) is 146. The summed E-state index contributed by atoms with van der Waals surface area (Å²) in [6.45, 7) is 68.3. The second-order valence-corrected chi connectivity index (χ2v) is 35.0. The van der Waals surface area contributed by atoms with Crippen LogP contribution in [0.4, 0.5) is 10.5 Å². The third kappa shape index (κ3) is 75.1. The summed E-state index contributed by atoms with van der Waals surface area (Å²) in [6, 6.07) is 28.3. The highest BCUT2D eigenvalue weighted by molar-refractivity contribution is 5.92. The van der Waals surface area contributed by atoms with Crippen LogP contribution < -0.4 is 20.1 Å². The summed E-state index contributed by atoms with van der Waals surface area (Å²) < 4.78 is 68.4. The van der Waals surface area contributed by atoms with Crippen molar-refractivity contribution in [3.63, 3.8) is 0 Å². The summed E-state index contributed by atoms with van der Waals surface area (Å²) in [4.78, 5) is 181. The van der Waals surface area contributed by atoms with Crippen molar-refractivity contribution in [2.45, 2.75) is 275 Å². The summed E-state index contributed by atoms with van der Waals surface area (Å²) in [5.74, 6) is -4.04. The van der Waals surface area contributed by atoms with Crippen molar-refractivity contribution in [2.75, 3.05) is 91.1 Å². The molecule has 0 aromatic heterocycles. The number of hydrogen-bond donors (Lipinski definition) is 2. The van der Waals surface area contributed by atoms with E-state index in [0.29, 0.717) is 82.9 Å². The number of nitrogens with zero attached hydrogens (tertiary/aromatic N) is 5. The van der Waals surface area contributed by atoms with Crippen LogP contribution in [0.25, 0.3) is 4.85 Å². The average Bonchev–Trinajstić information content (AvgIpc) is 0.838. The molecule has 0 saturated heterocycles. The van der Waals surface area contributed by atoms with Crippen LogP contribution in [0.2, 0.25) is 0 Å². The number of ketones is 1. The molecule has 9 atom stereocenters. The number of hydrogen-bond acceptors (Lipinski definition) is 34. The van der Waals surface area contributed by atoms with E-state index in [-0.39, 0.29) is 193 Å². The molecule has 150 heavy (non-hydrogen) atoms. The van der Waals surface area contributed by atoms with Gasteiger partial charge in [-0.2, -0.15) is 21.0 Å². The monoisotopic (exact) mass is 2100 g/mol. The van der Waals surface area contributed by atoms with Gasteiger partial charge in [0.15, 0.2) is 5.60 Å². The molecule has 832 valence electrons. The maximum atomic E-state index is 11.6. The van der Waals surface area contributed by atoms with Gasteiger partial charge in [0.2, 0.25) is 11.7 Å². The van der Waals surface area contributed by atoms with Gasteiger partial charge in [-0.3, -0.25) is 47.9 Å². The fraction of sp³-hybridized carbons (Fsp3) is 0.566. The van der Waals surface area contributed by atoms with E-state index in [1.165, 1.54) is 6.92 Å². The van der Waals surface area contributed by atoms with Gasteiger partial charge in [-0.15, -0.1) is 0 Å². The van der Waals surface area contributed by atoms with E-state index in [9.17, 15) is 76.7 Å². The number of nitriles is 4. The Hall–Kier alpha value is -14.7. The van der Waals surface area contributed by atoms with E-state index >= 15 is 0 Å². The highest BCUT2D eigenvalue weighted by atomic mass is 16.6. The summed E-state index contributed by atoms with van der Waals surface area (Å²) in [5.41, 5.74) is 1.92. The molecule has 1 aliphatic rings. The molecule has 2 amide bonds. The standard InChI is InChI=1S/C14H23NO6.C12H14N2O.2C12H13NO2.C12H19NO2.C12H20O4.C11H18O4.2C10H16O4.C8H13NO/c1-5-11(4)13(17)20-8-9-21-14(18)15-6-7-19-12(16)10(2)3;1-3-9(2)12(15)14-11-6-4-10(8-13)5-7-11;1-3-9(2)12(14)15-11-6-4-10(8-13)5-7-11;1-3-9(2)12(14)15-11-7-5-4-6-10(11)8-13;1-3-10(2)11(14)15-12(9-13)7-5-4-6-8-12;1-6-12(4,5)11(14)16-8-7-15-10(13)9(2)3;1-5-9(4)11(13)15-7-6-14-10(12)8(2)3;2*1-4-8(3)10(12)14-7-6-13-9(11)5-2;1-4-7(2)5-8(10)6-9-3/h11H,2,5-9H2,1,3-4H3,(H,15,18);4-7,9H,3H2,1-2H3,(H,14,15);2*4-7,9H,3H2,1-2H3;10H,3-8H2,1-2H3;2,6-8H2,1,3-5H3;9H,2,5-7H2,1,3-4H3;2*5,8H,2,4,6-7H2,1,3H3;7H,4-6H2,1-2H3. The lowest BCUT2D eigenvalue weighted by molar-refractivity contribution is -0.161. The number of amides is 2. The molecule has 1 aliphatic carbocycles. The Morgan fingerprint density at radius 2 is 0.767 bits per heavy atom. The Balaban J connectivity index is -0.000000385. The fourth-order valence-electron chi connectivity index (χ4n) is 9.39. The van der Waals surface area contributed by atoms with Crippen molar-refractivity contribution in [2.24, 2.45) is 58.7 Å². The van der Waals surface area contributed by atoms with Crippen molar-refractivity contribution in [1.82, 2.24) is 5.32 Å². The van der Waals surface area contributed by atoms with Crippen LogP contribution in [-0.2, 0) is 129 Å². The lowest BCUT2D eigenvalue weighted by atomic mass is 9.85. The normalized spacial score (nSPS) is 12.4. The molecule has 37 heteroatoms. The van der Waals surface area contributed by atoms with Gasteiger partial charge in [-0.05, 0) is 172 Å². The minimum absolute atomic E-state index is 0.0145. The van der Waals surface area contributed by atoms with E-state index in [0.717, 1.165) is 88.5 Å². The minimum atomic E-state index is -0.821. The zero-order valence-electron chi connectivity index (χ0n) is 92.8. The lowest BCUT2D eigenvalue weighted by Crippen LogP contribution is -2.37. The van der Waals surface area contributed by atoms with Crippen molar-refractivity contribution in [1.29, 1.82) is 21.0 Å². The number of carbonyl (C=O) groups is 16. The number of rotatable bonds is 49. The van der Waals surface area contributed by atoms with Gasteiger partial charge < -0.3 is 81.8 Å². The number of para-hydroxylation sites is 1. The Labute approximate surface area is 888 Å². The third-order valence-corrected chi connectivity index (χ3v) is 21.8.